The van der Waals surface area contributed by atoms with Gasteiger partial charge in [0.05, 0.1) is 28.5 Å². The summed E-state index contributed by atoms with van der Waals surface area (Å²) >= 11 is 0. The Bertz CT molecular complexity index is 3640. The average molecular weight is 743 g/mol. The highest BCUT2D eigenvalue weighted by atomic mass is 16.5. The number of anilines is 3. The Kier molecular flexibility index (Phi) is 6.38. The second kappa shape index (κ2) is 11.8. The highest BCUT2D eigenvalue weighted by Gasteiger charge is 2.27. The maximum atomic E-state index is 6.75. The van der Waals surface area contributed by atoms with Crippen molar-refractivity contribution in [2.24, 2.45) is 0 Å². The molecule has 13 rings (SSSR count). The van der Waals surface area contributed by atoms with Crippen molar-refractivity contribution in [3.8, 4) is 34.0 Å². The highest BCUT2D eigenvalue weighted by molar-refractivity contribution is 6.28. The van der Waals surface area contributed by atoms with Gasteiger partial charge in [-0.05, 0) is 111 Å². The van der Waals surface area contributed by atoms with Crippen molar-refractivity contribution in [3.63, 3.8) is 0 Å². The maximum absolute atomic E-state index is 6.75. The topological polar surface area (TPSA) is 51.6 Å². The molecule has 0 N–H and O–H groups in total. The van der Waals surface area contributed by atoms with E-state index in [-0.39, 0.29) is 0 Å². The van der Waals surface area contributed by atoms with Crippen molar-refractivity contribution < 1.29 is 13.6 Å². The monoisotopic (exact) mass is 742 g/mol. The SMILES string of the molecule is c1ccc2c(c1)Oc1ccccc1N2c1cc(-c2ccc3c(c2)oc2ccccc23)nc(-c2ccc3c(c2)oc2cc4c5ccccc5c5ccccc5c4cc23)c1. The van der Waals surface area contributed by atoms with Crippen LogP contribution in [0.3, 0.4) is 0 Å². The van der Waals surface area contributed by atoms with Crippen LogP contribution in [0.2, 0.25) is 0 Å². The van der Waals surface area contributed by atoms with Crippen LogP contribution in [-0.2, 0) is 0 Å². The zero-order chi connectivity index (χ0) is 37.9. The number of aromatic nitrogens is 1. The molecular formula is C53H30N2O3. The third kappa shape index (κ3) is 4.55. The molecule has 9 aromatic carbocycles. The molecule has 0 spiro atoms. The van der Waals surface area contributed by atoms with Crippen LogP contribution in [0.1, 0.15) is 0 Å². The molecule has 4 heterocycles. The zero-order valence-electron chi connectivity index (χ0n) is 30.9. The van der Waals surface area contributed by atoms with E-state index >= 15 is 0 Å². The Morgan fingerprint density at radius 2 is 0.776 bits per heavy atom. The van der Waals surface area contributed by atoms with Gasteiger partial charge < -0.3 is 18.5 Å². The van der Waals surface area contributed by atoms with Crippen LogP contribution >= 0.6 is 0 Å². The molecule has 1 aliphatic heterocycles. The number of rotatable bonds is 3. The lowest BCUT2D eigenvalue weighted by Gasteiger charge is -2.33. The standard InChI is InChI=1S/C53H30N2O3/c1-3-13-36-34(11-1)35-12-2-4-14-37(35)42-30-53-43(29-41(36)42)40-24-22-32(26-52(40)58-53)45-28-33(55-46-16-6-9-19-49(46)57-50-20-10-7-17-47(50)55)27-44(54-45)31-21-23-39-38-15-5-8-18-48(38)56-51(39)25-31/h1-30H. The van der Waals surface area contributed by atoms with Gasteiger partial charge in [-0.25, -0.2) is 4.98 Å². The number of hydrogen-bond acceptors (Lipinski definition) is 5. The lowest BCUT2D eigenvalue weighted by atomic mass is 9.93. The van der Waals surface area contributed by atoms with E-state index in [0.29, 0.717) is 0 Å². The van der Waals surface area contributed by atoms with Crippen molar-refractivity contribution in [3.05, 3.63) is 182 Å². The van der Waals surface area contributed by atoms with Crippen molar-refractivity contribution in [2.45, 2.75) is 0 Å². The Morgan fingerprint density at radius 1 is 0.328 bits per heavy atom. The van der Waals surface area contributed by atoms with Gasteiger partial charge >= 0.3 is 0 Å². The van der Waals surface area contributed by atoms with Gasteiger partial charge in [-0.3, -0.25) is 0 Å². The predicted molar refractivity (Wildman–Crippen MR) is 237 cm³/mol. The number of nitrogens with zero attached hydrogens (tertiary/aromatic N) is 2. The summed E-state index contributed by atoms with van der Waals surface area (Å²) in [4.78, 5) is 7.64. The fourth-order valence-corrected chi connectivity index (χ4v) is 9.14. The molecule has 0 unspecified atom stereocenters. The molecule has 12 aromatic rings. The van der Waals surface area contributed by atoms with Gasteiger partial charge in [0.25, 0.3) is 0 Å². The third-order valence-corrected chi connectivity index (χ3v) is 11.8. The summed E-state index contributed by atoms with van der Waals surface area (Å²) in [6.07, 6.45) is 0. The highest BCUT2D eigenvalue weighted by Crippen LogP contribution is 2.51. The molecule has 0 atom stereocenters. The van der Waals surface area contributed by atoms with Crippen LogP contribution in [0.25, 0.3) is 98.7 Å². The van der Waals surface area contributed by atoms with E-state index in [1.54, 1.807) is 0 Å². The van der Waals surface area contributed by atoms with Crippen LogP contribution in [-0.4, -0.2) is 4.98 Å². The Balaban J connectivity index is 1.03. The first-order valence-electron chi connectivity index (χ1n) is 19.5. The van der Waals surface area contributed by atoms with Gasteiger partial charge in [-0.15, -0.1) is 0 Å². The fraction of sp³-hybridized carbons (Fsp3) is 0. The normalized spacial score (nSPS) is 12.6. The van der Waals surface area contributed by atoms with E-state index in [2.05, 4.69) is 132 Å². The lowest BCUT2D eigenvalue weighted by Crippen LogP contribution is -2.16. The van der Waals surface area contributed by atoms with Crippen LogP contribution in [0.4, 0.5) is 17.1 Å². The second-order valence-corrected chi connectivity index (χ2v) is 15.1. The van der Waals surface area contributed by atoms with Gasteiger partial charge in [-0.2, -0.15) is 0 Å². The number of ether oxygens (including phenoxy) is 1. The number of fused-ring (bicyclic) bond motifs is 14. The van der Waals surface area contributed by atoms with E-state index < -0.39 is 0 Å². The molecule has 0 aliphatic carbocycles. The van der Waals surface area contributed by atoms with E-state index in [4.69, 9.17) is 18.6 Å². The smallest absolute Gasteiger partial charge is 0.151 e. The van der Waals surface area contributed by atoms with Crippen molar-refractivity contribution in [1.29, 1.82) is 0 Å². The van der Waals surface area contributed by atoms with Crippen LogP contribution in [0.15, 0.2) is 191 Å². The van der Waals surface area contributed by atoms with E-state index in [0.717, 1.165) is 95.0 Å². The quantitative estimate of drug-likeness (QED) is 0.169. The van der Waals surface area contributed by atoms with Crippen LogP contribution < -0.4 is 9.64 Å². The van der Waals surface area contributed by atoms with Gasteiger partial charge in [0.2, 0.25) is 0 Å². The molecule has 5 nitrogen and oxygen atoms in total. The molecule has 270 valence electrons. The molecule has 0 saturated heterocycles. The summed E-state index contributed by atoms with van der Waals surface area (Å²) in [5, 5.41) is 11.7. The molecule has 58 heavy (non-hydrogen) atoms. The van der Waals surface area contributed by atoms with Crippen molar-refractivity contribution in [1.82, 2.24) is 4.98 Å². The summed E-state index contributed by atoms with van der Waals surface area (Å²) in [6.45, 7) is 0. The number of hydrogen-bond donors (Lipinski definition) is 0. The summed E-state index contributed by atoms with van der Waals surface area (Å²) in [5.74, 6) is 1.59. The fourth-order valence-electron chi connectivity index (χ4n) is 9.14. The summed E-state index contributed by atoms with van der Waals surface area (Å²) < 4.78 is 19.5. The molecular weight excluding hydrogens is 713 g/mol. The first-order valence-corrected chi connectivity index (χ1v) is 19.5. The maximum Gasteiger partial charge on any atom is 0.151 e. The first-order chi connectivity index (χ1) is 28.7. The van der Waals surface area contributed by atoms with Crippen molar-refractivity contribution >= 4 is 93.3 Å². The van der Waals surface area contributed by atoms with Crippen LogP contribution in [0.5, 0.6) is 11.5 Å². The number of para-hydroxylation sites is 5. The van der Waals surface area contributed by atoms with E-state index in [1.807, 2.05) is 54.6 Å². The van der Waals surface area contributed by atoms with Crippen LogP contribution in [0, 0.1) is 0 Å². The van der Waals surface area contributed by atoms with Gasteiger partial charge in [-0.1, -0.05) is 103 Å². The van der Waals surface area contributed by atoms with Crippen molar-refractivity contribution in [2.75, 3.05) is 4.90 Å². The molecule has 1 aliphatic rings. The molecule has 0 saturated carbocycles. The molecule has 3 aromatic heterocycles. The Morgan fingerprint density at radius 3 is 1.40 bits per heavy atom. The Hall–Kier alpha value is -7.89. The third-order valence-electron chi connectivity index (χ3n) is 11.8. The first kappa shape index (κ1) is 31.3. The average Bonchev–Trinajstić information content (AvgIpc) is 3.84. The predicted octanol–water partition coefficient (Wildman–Crippen LogP) is 15.2. The Labute approximate surface area is 331 Å². The number of pyridine rings is 1. The minimum Gasteiger partial charge on any atom is -0.456 e. The second-order valence-electron chi connectivity index (χ2n) is 15.1. The summed E-state index contributed by atoms with van der Waals surface area (Å²) in [6, 6.07) is 63.6. The van der Waals surface area contributed by atoms with E-state index in [1.165, 1.54) is 32.3 Å². The van der Waals surface area contributed by atoms with Gasteiger partial charge in [0.1, 0.15) is 22.3 Å². The lowest BCUT2D eigenvalue weighted by molar-refractivity contribution is 0.477. The minimum absolute atomic E-state index is 0.793. The number of furan rings is 2. The molecule has 0 radical (unpaired) electrons. The van der Waals surface area contributed by atoms with E-state index in [9.17, 15) is 0 Å². The molecule has 0 amide bonds. The minimum atomic E-state index is 0.793. The number of benzene rings is 9. The largest absolute Gasteiger partial charge is 0.456 e. The summed E-state index contributed by atoms with van der Waals surface area (Å²) in [7, 11) is 0. The van der Waals surface area contributed by atoms with Gasteiger partial charge in [0, 0.05) is 32.7 Å². The molecule has 0 fully saturated rings. The molecule has 5 heteroatoms. The summed E-state index contributed by atoms with van der Waals surface area (Å²) in [5.41, 5.74) is 9.80. The van der Waals surface area contributed by atoms with Gasteiger partial charge in [0.15, 0.2) is 11.5 Å². The zero-order valence-corrected chi connectivity index (χ0v) is 30.9. The molecule has 0 bridgehead atoms.